The molecule has 222 valence electrons. The largest absolute Gasteiger partial charge is 0.454 e. The van der Waals surface area contributed by atoms with Crippen molar-refractivity contribution in [3.63, 3.8) is 0 Å². The zero-order chi connectivity index (χ0) is 29.5. The second kappa shape index (κ2) is 14.0. The predicted molar refractivity (Wildman–Crippen MR) is 167 cm³/mol. The first-order chi connectivity index (χ1) is 20.4. The molecule has 1 unspecified atom stereocenters. The molecule has 3 aromatic rings. The lowest BCUT2D eigenvalue weighted by Gasteiger charge is -2.41. The number of halogens is 2. The van der Waals surface area contributed by atoms with Crippen molar-refractivity contribution in [3.05, 3.63) is 94.0 Å². The van der Waals surface area contributed by atoms with Crippen LogP contribution in [0.1, 0.15) is 54.9 Å². The molecular formula is C34H38Cl2N2O4. The molecule has 1 amide bonds. The Labute approximate surface area is 258 Å². The van der Waals surface area contributed by atoms with Gasteiger partial charge in [0.05, 0.1) is 22.8 Å². The van der Waals surface area contributed by atoms with Gasteiger partial charge in [-0.3, -0.25) is 9.59 Å². The molecule has 42 heavy (non-hydrogen) atoms. The van der Waals surface area contributed by atoms with Crippen LogP contribution in [0.2, 0.25) is 10.0 Å². The van der Waals surface area contributed by atoms with Gasteiger partial charge in [0, 0.05) is 57.5 Å². The number of ether oxygens (including phenoxy) is 2. The highest BCUT2D eigenvalue weighted by Gasteiger charge is 2.39. The van der Waals surface area contributed by atoms with E-state index in [1.807, 2.05) is 66.4 Å². The Bertz CT molecular complexity index is 1370. The number of rotatable bonds is 9. The van der Waals surface area contributed by atoms with Crippen molar-refractivity contribution in [2.45, 2.75) is 50.7 Å². The third-order valence-electron chi connectivity index (χ3n) is 8.35. The van der Waals surface area contributed by atoms with Crippen LogP contribution in [0, 0.1) is 0 Å². The summed E-state index contributed by atoms with van der Waals surface area (Å²) < 4.78 is 12.3. The fourth-order valence-corrected chi connectivity index (χ4v) is 6.21. The highest BCUT2D eigenvalue weighted by Crippen LogP contribution is 2.37. The smallest absolute Gasteiger partial charge is 0.306 e. The van der Waals surface area contributed by atoms with E-state index in [9.17, 15) is 9.59 Å². The maximum Gasteiger partial charge on any atom is 0.306 e. The van der Waals surface area contributed by atoms with Crippen LogP contribution >= 0.6 is 23.2 Å². The van der Waals surface area contributed by atoms with Crippen LogP contribution in [-0.4, -0.2) is 67.1 Å². The first-order valence-corrected chi connectivity index (χ1v) is 15.6. The molecule has 0 bridgehead atoms. The van der Waals surface area contributed by atoms with Crippen molar-refractivity contribution < 1.29 is 19.1 Å². The SMILES string of the molecule is CCC(=O)OC1(c2ccccc2)CCN(CCOC2CCCN(C(=O)c3cccc(-c4ccc(Cl)c(Cl)c4)c3)C2)CC1. The lowest BCUT2D eigenvalue weighted by atomic mass is 9.84. The molecule has 6 nitrogen and oxygen atoms in total. The second-order valence-corrected chi connectivity index (χ2v) is 11.9. The minimum atomic E-state index is -0.562. The molecular weight excluding hydrogens is 571 g/mol. The molecule has 0 aromatic heterocycles. The van der Waals surface area contributed by atoms with E-state index in [0.29, 0.717) is 35.2 Å². The van der Waals surface area contributed by atoms with E-state index in [1.165, 1.54) is 0 Å². The Morgan fingerprint density at radius 1 is 0.905 bits per heavy atom. The molecule has 0 radical (unpaired) electrons. The van der Waals surface area contributed by atoms with Gasteiger partial charge in [0.15, 0.2) is 0 Å². The highest BCUT2D eigenvalue weighted by atomic mass is 35.5. The van der Waals surface area contributed by atoms with Crippen molar-refractivity contribution in [1.82, 2.24) is 9.80 Å². The molecule has 0 N–H and O–H groups in total. The monoisotopic (exact) mass is 608 g/mol. The second-order valence-electron chi connectivity index (χ2n) is 11.1. The number of esters is 1. The van der Waals surface area contributed by atoms with Crippen LogP contribution in [0.25, 0.3) is 11.1 Å². The first-order valence-electron chi connectivity index (χ1n) is 14.8. The maximum absolute atomic E-state index is 13.4. The molecule has 8 heteroatoms. The molecule has 0 saturated carbocycles. The van der Waals surface area contributed by atoms with Gasteiger partial charge in [-0.05, 0) is 53.8 Å². The zero-order valence-electron chi connectivity index (χ0n) is 24.1. The number of carbonyl (C=O) groups is 2. The van der Waals surface area contributed by atoms with Gasteiger partial charge in [0.2, 0.25) is 0 Å². The Morgan fingerprint density at radius 3 is 2.40 bits per heavy atom. The van der Waals surface area contributed by atoms with Gasteiger partial charge in [-0.1, -0.05) is 78.7 Å². The number of piperidine rings is 2. The van der Waals surface area contributed by atoms with Crippen molar-refractivity contribution in [2.75, 3.05) is 39.3 Å². The lowest BCUT2D eigenvalue weighted by molar-refractivity contribution is -0.166. The molecule has 0 spiro atoms. The molecule has 2 saturated heterocycles. The Balaban J connectivity index is 1.12. The van der Waals surface area contributed by atoms with Crippen LogP contribution in [0.3, 0.4) is 0 Å². The van der Waals surface area contributed by atoms with Gasteiger partial charge >= 0.3 is 5.97 Å². The van der Waals surface area contributed by atoms with Crippen molar-refractivity contribution in [1.29, 1.82) is 0 Å². The molecule has 2 aliphatic heterocycles. The van der Waals surface area contributed by atoms with Gasteiger partial charge in [0.1, 0.15) is 5.60 Å². The summed E-state index contributed by atoms with van der Waals surface area (Å²) >= 11 is 12.3. The summed E-state index contributed by atoms with van der Waals surface area (Å²) in [5.41, 5.74) is 3.00. The zero-order valence-corrected chi connectivity index (χ0v) is 25.6. The summed E-state index contributed by atoms with van der Waals surface area (Å²) in [6.07, 6.45) is 3.76. The maximum atomic E-state index is 13.4. The normalized spacial score (nSPS) is 18.9. The Morgan fingerprint density at radius 2 is 1.67 bits per heavy atom. The van der Waals surface area contributed by atoms with Crippen molar-refractivity contribution in [3.8, 4) is 11.1 Å². The molecule has 5 rings (SSSR count). The van der Waals surface area contributed by atoms with Crippen molar-refractivity contribution in [2.24, 2.45) is 0 Å². The summed E-state index contributed by atoms with van der Waals surface area (Å²) in [5.74, 6) is -0.145. The highest BCUT2D eigenvalue weighted by molar-refractivity contribution is 6.42. The van der Waals surface area contributed by atoms with Crippen LogP contribution < -0.4 is 0 Å². The number of hydrogen-bond donors (Lipinski definition) is 0. The number of carbonyl (C=O) groups excluding carboxylic acids is 2. The van der Waals surface area contributed by atoms with E-state index < -0.39 is 5.60 Å². The molecule has 2 fully saturated rings. The topological polar surface area (TPSA) is 59.1 Å². The molecule has 1 atom stereocenters. The number of nitrogens with zero attached hydrogens (tertiary/aromatic N) is 2. The summed E-state index contributed by atoms with van der Waals surface area (Å²) in [7, 11) is 0. The average Bonchev–Trinajstić information content (AvgIpc) is 3.03. The van der Waals surface area contributed by atoms with Crippen molar-refractivity contribution >= 4 is 35.1 Å². The van der Waals surface area contributed by atoms with Gasteiger partial charge in [-0.25, -0.2) is 0 Å². The van der Waals surface area contributed by atoms with Crippen LogP contribution in [-0.2, 0) is 19.9 Å². The number of benzene rings is 3. The van der Waals surface area contributed by atoms with E-state index in [2.05, 4.69) is 17.0 Å². The van der Waals surface area contributed by atoms with Crippen LogP contribution in [0.15, 0.2) is 72.8 Å². The third kappa shape index (κ3) is 7.35. The van der Waals surface area contributed by atoms with E-state index in [4.69, 9.17) is 32.7 Å². The first kappa shape index (κ1) is 30.6. The van der Waals surface area contributed by atoms with E-state index >= 15 is 0 Å². The minimum absolute atomic E-state index is 0.0136. The predicted octanol–water partition coefficient (Wildman–Crippen LogP) is 7.23. The molecule has 3 aromatic carbocycles. The average molecular weight is 610 g/mol. The van der Waals surface area contributed by atoms with E-state index in [0.717, 1.165) is 68.6 Å². The molecule has 2 heterocycles. The Kier molecular flexibility index (Phi) is 10.2. The van der Waals surface area contributed by atoms with E-state index in [1.54, 1.807) is 6.07 Å². The van der Waals surface area contributed by atoms with Gasteiger partial charge in [-0.15, -0.1) is 0 Å². The fourth-order valence-electron chi connectivity index (χ4n) is 5.92. The summed E-state index contributed by atoms with van der Waals surface area (Å²) in [5, 5.41) is 0.993. The minimum Gasteiger partial charge on any atom is -0.454 e. The van der Waals surface area contributed by atoms with Gasteiger partial charge in [-0.2, -0.15) is 0 Å². The van der Waals surface area contributed by atoms with Gasteiger partial charge < -0.3 is 19.3 Å². The summed E-state index contributed by atoms with van der Waals surface area (Å²) in [4.78, 5) is 30.0. The summed E-state index contributed by atoms with van der Waals surface area (Å²) in [6.45, 7) is 6.22. The summed E-state index contributed by atoms with van der Waals surface area (Å²) in [6, 6.07) is 23.2. The van der Waals surface area contributed by atoms with Crippen LogP contribution in [0.4, 0.5) is 0 Å². The number of amides is 1. The number of hydrogen-bond acceptors (Lipinski definition) is 5. The van der Waals surface area contributed by atoms with Gasteiger partial charge in [0.25, 0.3) is 5.91 Å². The fraction of sp³-hybridized carbons (Fsp3) is 0.412. The standard InChI is InChI=1S/C34H38Cl2N2O4/c1-2-32(39)42-34(28-10-4-3-5-11-28)15-18-37(19-16-34)20-21-41-29-12-7-17-38(24-29)33(40)27-9-6-8-25(22-27)26-13-14-30(35)31(36)23-26/h3-6,8-11,13-14,22-23,29H,2,7,12,15-21,24H2,1H3. The quantitative estimate of drug-likeness (QED) is 0.240. The van der Waals surface area contributed by atoms with Crippen LogP contribution in [0.5, 0.6) is 0 Å². The Hall–Kier alpha value is -2.90. The lowest BCUT2D eigenvalue weighted by Crippen LogP contribution is -2.47. The molecule has 0 aliphatic carbocycles. The number of likely N-dealkylation sites (tertiary alicyclic amines) is 2. The third-order valence-corrected chi connectivity index (χ3v) is 9.09. The van der Waals surface area contributed by atoms with E-state index in [-0.39, 0.29) is 18.0 Å². The molecule has 2 aliphatic rings.